The smallest absolute Gasteiger partial charge is 0.335 e. The lowest BCUT2D eigenvalue weighted by Gasteiger charge is -2.24. The number of hydrogen-bond acceptors (Lipinski definition) is 4. The highest BCUT2D eigenvalue weighted by molar-refractivity contribution is 7.98. The SMILES string of the molecule is CSCC(C)N(C)S(=O)(=O)c1ccc(C)c(C(=O)O)c1. The van der Waals surface area contributed by atoms with Crippen molar-refractivity contribution in [2.45, 2.75) is 24.8 Å². The molecule has 1 N–H and O–H groups in total. The minimum Gasteiger partial charge on any atom is -0.478 e. The van der Waals surface area contributed by atoms with E-state index in [0.717, 1.165) is 0 Å². The fourth-order valence-corrected chi connectivity index (χ4v) is 3.93. The predicted octanol–water partition coefficient (Wildman–Crippen LogP) is 2.07. The van der Waals surface area contributed by atoms with Gasteiger partial charge in [0.1, 0.15) is 0 Å². The van der Waals surface area contributed by atoms with Crippen molar-refractivity contribution in [3.05, 3.63) is 29.3 Å². The van der Waals surface area contributed by atoms with Gasteiger partial charge >= 0.3 is 5.97 Å². The van der Waals surface area contributed by atoms with E-state index in [9.17, 15) is 13.2 Å². The molecule has 112 valence electrons. The van der Waals surface area contributed by atoms with Crippen molar-refractivity contribution in [2.24, 2.45) is 0 Å². The number of carboxylic acids is 1. The summed E-state index contributed by atoms with van der Waals surface area (Å²) in [5, 5.41) is 9.08. The molecule has 7 heteroatoms. The van der Waals surface area contributed by atoms with Gasteiger partial charge in [-0.3, -0.25) is 0 Å². The highest BCUT2D eigenvalue weighted by atomic mass is 32.2. The number of benzene rings is 1. The molecule has 0 aromatic heterocycles. The van der Waals surface area contributed by atoms with Gasteiger partial charge in [-0.2, -0.15) is 16.1 Å². The van der Waals surface area contributed by atoms with E-state index in [-0.39, 0.29) is 16.5 Å². The van der Waals surface area contributed by atoms with Crippen LogP contribution in [0.3, 0.4) is 0 Å². The number of aromatic carboxylic acids is 1. The van der Waals surface area contributed by atoms with Gasteiger partial charge in [0.2, 0.25) is 10.0 Å². The van der Waals surface area contributed by atoms with Crippen molar-refractivity contribution in [2.75, 3.05) is 19.1 Å². The van der Waals surface area contributed by atoms with Gasteiger partial charge in [-0.05, 0) is 37.8 Å². The van der Waals surface area contributed by atoms with E-state index in [1.165, 1.54) is 29.6 Å². The van der Waals surface area contributed by atoms with E-state index in [1.54, 1.807) is 18.7 Å². The Morgan fingerprint density at radius 1 is 1.45 bits per heavy atom. The summed E-state index contributed by atoms with van der Waals surface area (Å²) in [5.74, 6) is -0.452. The molecule has 0 amide bonds. The first-order valence-electron chi connectivity index (χ1n) is 6.02. The molecule has 0 saturated heterocycles. The Hall–Kier alpha value is -1.05. The first-order chi connectivity index (χ1) is 9.21. The number of carbonyl (C=O) groups is 1. The van der Waals surface area contributed by atoms with Crippen molar-refractivity contribution in [1.29, 1.82) is 0 Å². The summed E-state index contributed by atoms with van der Waals surface area (Å²) >= 11 is 1.56. The van der Waals surface area contributed by atoms with Crippen molar-refractivity contribution < 1.29 is 18.3 Å². The van der Waals surface area contributed by atoms with Gasteiger partial charge in [-0.15, -0.1) is 0 Å². The van der Waals surface area contributed by atoms with Crippen molar-refractivity contribution in [3.63, 3.8) is 0 Å². The Morgan fingerprint density at radius 3 is 2.55 bits per heavy atom. The van der Waals surface area contributed by atoms with Gasteiger partial charge in [0, 0.05) is 18.8 Å². The minimum atomic E-state index is -3.68. The molecule has 0 aliphatic heterocycles. The molecule has 1 unspecified atom stereocenters. The van der Waals surface area contributed by atoms with Gasteiger partial charge in [0.05, 0.1) is 10.5 Å². The fourth-order valence-electron chi connectivity index (χ4n) is 1.74. The number of aryl methyl sites for hydroxylation is 1. The van der Waals surface area contributed by atoms with Crippen molar-refractivity contribution in [3.8, 4) is 0 Å². The number of nitrogens with zero attached hydrogens (tertiary/aromatic N) is 1. The molecule has 0 radical (unpaired) electrons. The molecular formula is C13H19NO4S2. The van der Waals surface area contributed by atoms with Crippen LogP contribution in [-0.4, -0.2) is 48.9 Å². The monoisotopic (exact) mass is 317 g/mol. The summed E-state index contributed by atoms with van der Waals surface area (Å²) < 4.78 is 26.2. The highest BCUT2D eigenvalue weighted by Crippen LogP contribution is 2.21. The summed E-state index contributed by atoms with van der Waals surface area (Å²) in [6.07, 6.45) is 1.91. The first-order valence-corrected chi connectivity index (χ1v) is 8.86. The average molecular weight is 317 g/mol. The van der Waals surface area contributed by atoms with Crippen LogP contribution in [0.4, 0.5) is 0 Å². The molecule has 0 spiro atoms. The van der Waals surface area contributed by atoms with Crippen molar-refractivity contribution in [1.82, 2.24) is 4.31 Å². The van der Waals surface area contributed by atoms with Crippen LogP contribution in [0.1, 0.15) is 22.8 Å². The first kappa shape index (κ1) is 17.0. The predicted molar refractivity (Wildman–Crippen MR) is 80.9 cm³/mol. The van der Waals surface area contributed by atoms with Crippen LogP contribution < -0.4 is 0 Å². The number of rotatable bonds is 6. The van der Waals surface area contributed by atoms with Crippen LogP contribution in [0.15, 0.2) is 23.1 Å². The van der Waals surface area contributed by atoms with E-state index in [0.29, 0.717) is 11.3 Å². The average Bonchev–Trinajstić information content (AvgIpc) is 2.37. The Kier molecular flexibility index (Phi) is 5.61. The second kappa shape index (κ2) is 6.60. The molecule has 0 aliphatic carbocycles. The van der Waals surface area contributed by atoms with E-state index in [4.69, 9.17) is 5.11 Å². The zero-order chi connectivity index (χ0) is 15.5. The summed E-state index contributed by atoms with van der Waals surface area (Å²) in [5.41, 5.74) is 0.549. The fraction of sp³-hybridized carbons (Fsp3) is 0.462. The number of thioether (sulfide) groups is 1. The summed E-state index contributed by atoms with van der Waals surface area (Å²) in [6, 6.07) is 4.02. The molecule has 0 bridgehead atoms. The maximum absolute atomic E-state index is 12.5. The molecule has 0 fully saturated rings. The molecule has 5 nitrogen and oxygen atoms in total. The molecule has 20 heavy (non-hydrogen) atoms. The van der Waals surface area contributed by atoms with Crippen molar-refractivity contribution >= 4 is 27.8 Å². The molecule has 1 atom stereocenters. The largest absolute Gasteiger partial charge is 0.478 e. The maximum atomic E-state index is 12.5. The molecule has 1 rings (SSSR count). The molecule has 1 aromatic rings. The van der Waals surface area contributed by atoms with Gasteiger partial charge in [0.15, 0.2) is 0 Å². The molecule has 1 aromatic carbocycles. The lowest BCUT2D eigenvalue weighted by Crippen LogP contribution is -2.36. The normalized spacial score (nSPS) is 13.4. The summed E-state index contributed by atoms with van der Waals surface area (Å²) in [7, 11) is -2.17. The molecule has 0 aliphatic rings. The van der Waals surface area contributed by atoms with E-state index in [2.05, 4.69) is 0 Å². The maximum Gasteiger partial charge on any atom is 0.335 e. The van der Waals surface area contributed by atoms with Crippen LogP contribution in [0.25, 0.3) is 0 Å². The van der Waals surface area contributed by atoms with Gasteiger partial charge in [-0.25, -0.2) is 13.2 Å². The number of hydrogen-bond donors (Lipinski definition) is 1. The molecule has 0 heterocycles. The Labute approximate surface area is 124 Å². The minimum absolute atomic E-state index is 0.0101. The van der Waals surface area contributed by atoms with E-state index >= 15 is 0 Å². The molecule has 0 saturated carbocycles. The third-order valence-corrected chi connectivity index (χ3v) is 5.93. The summed E-state index contributed by atoms with van der Waals surface area (Å²) in [4.78, 5) is 11.1. The Morgan fingerprint density at radius 2 is 2.05 bits per heavy atom. The van der Waals surface area contributed by atoms with Gasteiger partial charge in [0.25, 0.3) is 0 Å². The standard InChI is InChI=1S/C13H19NO4S2/c1-9-5-6-11(7-12(9)13(15)16)20(17,18)14(3)10(2)8-19-4/h5-7,10H,8H2,1-4H3,(H,15,16). The van der Waals surface area contributed by atoms with Gasteiger partial charge in [-0.1, -0.05) is 6.07 Å². The zero-order valence-corrected chi connectivity index (χ0v) is 13.6. The zero-order valence-electron chi connectivity index (χ0n) is 12.0. The lowest BCUT2D eigenvalue weighted by molar-refractivity contribution is 0.0696. The topological polar surface area (TPSA) is 74.7 Å². The highest BCUT2D eigenvalue weighted by Gasteiger charge is 2.26. The third-order valence-electron chi connectivity index (χ3n) is 3.15. The number of carboxylic acid groups (broad SMARTS) is 1. The van der Waals surface area contributed by atoms with Gasteiger partial charge < -0.3 is 5.11 Å². The second-order valence-corrected chi connectivity index (χ2v) is 7.52. The van der Waals surface area contributed by atoms with Crippen LogP contribution >= 0.6 is 11.8 Å². The van der Waals surface area contributed by atoms with Crippen LogP contribution in [0, 0.1) is 6.92 Å². The van der Waals surface area contributed by atoms with Crippen LogP contribution in [0.5, 0.6) is 0 Å². The second-order valence-electron chi connectivity index (χ2n) is 4.61. The third kappa shape index (κ3) is 3.53. The summed E-state index contributed by atoms with van der Waals surface area (Å²) in [6.45, 7) is 3.46. The van der Waals surface area contributed by atoms with E-state index < -0.39 is 16.0 Å². The lowest BCUT2D eigenvalue weighted by atomic mass is 10.1. The number of sulfonamides is 1. The molecular weight excluding hydrogens is 298 g/mol. The Bertz CT molecular complexity index is 598. The van der Waals surface area contributed by atoms with Crippen LogP contribution in [-0.2, 0) is 10.0 Å². The Balaban J connectivity index is 3.22. The van der Waals surface area contributed by atoms with Crippen LogP contribution in [0.2, 0.25) is 0 Å². The van der Waals surface area contributed by atoms with E-state index in [1.807, 2.05) is 13.2 Å². The quantitative estimate of drug-likeness (QED) is 0.869.